The maximum atomic E-state index is 13.3. The minimum atomic E-state index is -0.690. The number of carbonyl (C=O) groups excluding carboxylic acids is 2. The molecule has 1 saturated heterocycles. The molecule has 1 amide bonds. The molecule has 2 aliphatic rings. The van der Waals surface area contributed by atoms with Gasteiger partial charge in [-0.25, -0.2) is 0 Å². The number of rotatable bonds is 9. The fraction of sp³-hybridized carbons (Fsp3) is 0.429. The van der Waals surface area contributed by atoms with Gasteiger partial charge in [-0.1, -0.05) is 26.0 Å². The largest absolute Gasteiger partial charge is 0.507 e. The molecule has 7 nitrogen and oxygen atoms in total. The number of hydrogen-bond donors (Lipinski definition) is 1. The zero-order chi connectivity index (χ0) is 25.1. The van der Waals surface area contributed by atoms with E-state index in [1.807, 2.05) is 43.3 Å². The number of benzene rings is 2. The number of hydrogen-bond acceptors (Lipinski definition) is 6. The van der Waals surface area contributed by atoms with Crippen molar-refractivity contribution >= 4 is 17.4 Å². The lowest BCUT2D eigenvalue weighted by Crippen LogP contribution is -2.33. The molecular formula is C28H34N2O5. The number of ketones is 1. The van der Waals surface area contributed by atoms with Crippen LogP contribution >= 0.6 is 0 Å². The molecular weight excluding hydrogens is 444 g/mol. The summed E-state index contributed by atoms with van der Waals surface area (Å²) >= 11 is 0. The molecule has 1 fully saturated rings. The molecule has 186 valence electrons. The van der Waals surface area contributed by atoms with Crippen molar-refractivity contribution in [2.45, 2.75) is 45.8 Å². The standard InChI is InChI=1S/C28H34N2O5/c1-5-29(6-2)13-8-14-30-25(19-9-7-10-22(17-19)34-4)24(27(32)28(30)33)26(31)20-11-12-23-21(16-20)15-18(3)35-23/h7,9-12,16-18,25,31H,5-6,8,13-15H2,1-4H3/b26-24+. The maximum absolute atomic E-state index is 13.3. The number of nitrogens with zero attached hydrogens (tertiary/aromatic N) is 2. The Balaban J connectivity index is 1.75. The first-order valence-electron chi connectivity index (χ1n) is 12.3. The molecule has 2 aromatic rings. The topological polar surface area (TPSA) is 79.3 Å². The second-order valence-electron chi connectivity index (χ2n) is 9.10. The van der Waals surface area contributed by atoms with Crippen LogP contribution in [0, 0.1) is 0 Å². The van der Waals surface area contributed by atoms with Crippen LogP contribution in [-0.2, 0) is 16.0 Å². The minimum Gasteiger partial charge on any atom is -0.507 e. The number of carbonyl (C=O) groups is 2. The van der Waals surface area contributed by atoms with Crippen molar-refractivity contribution in [3.05, 3.63) is 64.7 Å². The second-order valence-corrected chi connectivity index (χ2v) is 9.10. The van der Waals surface area contributed by atoms with E-state index in [1.165, 1.54) is 0 Å². The molecule has 2 atom stereocenters. The summed E-state index contributed by atoms with van der Waals surface area (Å²) in [4.78, 5) is 30.4. The van der Waals surface area contributed by atoms with Crippen LogP contribution in [0.2, 0.25) is 0 Å². The molecule has 4 rings (SSSR count). The first-order chi connectivity index (χ1) is 16.9. The predicted molar refractivity (Wildman–Crippen MR) is 135 cm³/mol. The summed E-state index contributed by atoms with van der Waals surface area (Å²) in [5.41, 5.74) is 2.33. The number of likely N-dealkylation sites (tertiary alicyclic amines) is 1. The van der Waals surface area contributed by atoms with Gasteiger partial charge in [0.2, 0.25) is 0 Å². The van der Waals surface area contributed by atoms with Gasteiger partial charge in [0, 0.05) is 18.5 Å². The monoisotopic (exact) mass is 478 g/mol. The zero-order valence-electron chi connectivity index (χ0n) is 20.9. The van der Waals surface area contributed by atoms with E-state index in [1.54, 1.807) is 18.1 Å². The van der Waals surface area contributed by atoms with Crippen LogP contribution in [0.4, 0.5) is 0 Å². The lowest BCUT2D eigenvalue weighted by atomic mass is 9.94. The highest BCUT2D eigenvalue weighted by atomic mass is 16.5. The van der Waals surface area contributed by atoms with Crippen molar-refractivity contribution in [1.29, 1.82) is 0 Å². The lowest BCUT2D eigenvalue weighted by molar-refractivity contribution is -0.140. The molecule has 0 spiro atoms. The fourth-order valence-corrected chi connectivity index (χ4v) is 5.00. The molecule has 0 saturated carbocycles. The number of fused-ring (bicyclic) bond motifs is 1. The van der Waals surface area contributed by atoms with Gasteiger partial charge >= 0.3 is 0 Å². The Kier molecular flexibility index (Phi) is 7.45. The van der Waals surface area contributed by atoms with Gasteiger partial charge < -0.3 is 24.4 Å². The molecule has 0 aromatic heterocycles. The first kappa shape index (κ1) is 24.8. The smallest absolute Gasteiger partial charge is 0.295 e. The van der Waals surface area contributed by atoms with E-state index >= 15 is 0 Å². The molecule has 2 aromatic carbocycles. The van der Waals surface area contributed by atoms with Crippen LogP contribution in [0.15, 0.2) is 48.0 Å². The van der Waals surface area contributed by atoms with Crippen molar-refractivity contribution < 1.29 is 24.2 Å². The van der Waals surface area contributed by atoms with Gasteiger partial charge in [0.1, 0.15) is 23.4 Å². The van der Waals surface area contributed by atoms with Crippen LogP contribution in [-0.4, -0.2) is 66.0 Å². The van der Waals surface area contributed by atoms with Crippen LogP contribution in [0.25, 0.3) is 5.76 Å². The highest BCUT2D eigenvalue weighted by molar-refractivity contribution is 6.46. The Morgan fingerprint density at radius 1 is 1.17 bits per heavy atom. The van der Waals surface area contributed by atoms with Crippen LogP contribution in [0.3, 0.4) is 0 Å². The number of methoxy groups -OCH3 is 1. The summed E-state index contributed by atoms with van der Waals surface area (Å²) in [6, 6.07) is 12.0. The van der Waals surface area contributed by atoms with E-state index in [0.717, 1.165) is 49.4 Å². The number of aliphatic hydroxyl groups excluding tert-OH is 1. The van der Waals surface area contributed by atoms with Crippen molar-refractivity contribution in [3.63, 3.8) is 0 Å². The van der Waals surface area contributed by atoms with Gasteiger partial charge in [-0.15, -0.1) is 0 Å². The Bertz CT molecular complexity index is 1140. The fourth-order valence-electron chi connectivity index (χ4n) is 5.00. The molecule has 1 N–H and O–H groups in total. The van der Waals surface area contributed by atoms with Gasteiger partial charge in [-0.3, -0.25) is 9.59 Å². The van der Waals surface area contributed by atoms with E-state index in [2.05, 4.69) is 18.7 Å². The lowest BCUT2D eigenvalue weighted by Gasteiger charge is -2.27. The van der Waals surface area contributed by atoms with Crippen LogP contribution in [0.1, 0.15) is 49.9 Å². The van der Waals surface area contributed by atoms with E-state index in [-0.39, 0.29) is 17.4 Å². The molecule has 0 radical (unpaired) electrons. The number of aliphatic hydroxyl groups is 1. The van der Waals surface area contributed by atoms with Crippen molar-refractivity contribution in [2.24, 2.45) is 0 Å². The molecule has 7 heteroatoms. The van der Waals surface area contributed by atoms with Crippen molar-refractivity contribution in [3.8, 4) is 11.5 Å². The molecule has 2 heterocycles. The Morgan fingerprint density at radius 2 is 1.94 bits per heavy atom. The van der Waals surface area contributed by atoms with Gasteiger partial charge in [0.25, 0.3) is 11.7 Å². The average molecular weight is 479 g/mol. The molecule has 35 heavy (non-hydrogen) atoms. The average Bonchev–Trinajstić information content (AvgIpc) is 3.37. The predicted octanol–water partition coefficient (Wildman–Crippen LogP) is 4.17. The van der Waals surface area contributed by atoms with Crippen molar-refractivity contribution in [2.75, 3.05) is 33.3 Å². The summed E-state index contributed by atoms with van der Waals surface area (Å²) in [7, 11) is 1.58. The quantitative estimate of drug-likeness (QED) is 0.331. The minimum absolute atomic E-state index is 0.0653. The number of amides is 1. The van der Waals surface area contributed by atoms with Crippen molar-refractivity contribution in [1.82, 2.24) is 9.80 Å². The Hall–Kier alpha value is -3.32. The van der Waals surface area contributed by atoms with Gasteiger partial charge in [0.05, 0.1) is 18.7 Å². The Morgan fingerprint density at radius 3 is 2.66 bits per heavy atom. The maximum Gasteiger partial charge on any atom is 0.295 e. The second kappa shape index (κ2) is 10.5. The SMILES string of the molecule is CCN(CC)CCCN1C(=O)C(=O)/C(=C(/O)c2ccc3c(c2)CC(C)O3)C1c1cccc(OC)c1. The highest BCUT2D eigenvalue weighted by Crippen LogP contribution is 2.41. The van der Waals surface area contributed by atoms with E-state index in [4.69, 9.17) is 9.47 Å². The molecule has 2 aliphatic heterocycles. The van der Waals surface area contributed by atoms with Crippen LogP contribution < -0.4 is 9.47 Å². The molecule has 0 aliphatic carbocycles. The summed E-state index contributed by atoms with van der Waals surface area (Å²) in [6.07, 6.45) is 1.52. The third-order valence-electron chi connectivity index (χ3n) is 6.89. The summed E-state index contributed by atoms with van der Waals surface area (Å²) in [5, 5.41) is 11.4. The summed E-state index contributed by atoms with van der Waals surface area (Å²) < 4.78 is 11.2. The highest BCUT2D eigenvalue weighted by Gasteiger charge is 2.46. The summed E-state index contributed by atoms with van der Waals surface area (Å²) in [5.74, 6) is 0.000203. The number of ether oxygens (including phenoxy) is 2. The van der Waals surface area contributed by atoms with E-state index < -0.39 is 17.7 Å². The normalized spacial score (nSPS) is 20.9. The van der Waals surface area contributed by atoms with Gasteiger partial charge in [0.15, 0.2) is 0 Å². The van der Waals surface area contributed by atoms with Gasteiger partial charge in [-0.05, 0) is 74.4 Å². The Labute approximate surface area is 206 Å². The van der Waals surface area contributed by atoms with E-state index in [0.29, 0.717) is 17.9 Å². The molecule has 0 bridgehead atoms. The van der Waals surface area contributed by atoms with Gasteiger partial charge in [-0.2, -0.15) is 0 Å². The molecule has 2 unspecified atom stereocenters. The first-order valence-corrected chi connectivity index (χ1v) is 12.3. The third kappa shape index (κ3) is 4.91. The third-order valence-corrected chi connectivity index (χ3v) is 6.89. The van der Waals surface area contributed by atoms with Crippen LogP contribution in [0.5, 0.6) is 11.5 Å². The summed E-state index contributed by atoms with van der Waals surface area (Å²) in [6.45, 7) is 9.29. The zero-order valence-corrected chi connectivity index (χ0v) is 20.9. The number of Topliss-reactive ketones (excluding diaryl/α,β-unsaturated/α-hetero) is 1. The van der Waals surface area contributed by atoms with E-state index in [9.17, 15) is 14.7 Å².